The van der Waals surface area contributed by atoms with Crippen LogP contribution in [0.5, 0.6) is 0 Å². The van der Waals surface area contributed by atoms with Crippen molar-refractivity contribution in [3.63, 3.8) is 0 Å². The molecule has 3 nitrogen and oxygen atoms in total. The van der Waals surface area contributed by atoms with E-state index in [1.807, 2.05) is 0 Å². The van der Waals surface area contributed by atoms with Crippen molar-refractivity contribution in [2.75, 3.05) is 26.4 Å². The molecule has 0 aromatic heterocycles. The minimum atomic E-state index is -4.27. The summed E-state index contributed by atoms with van der Waals surface area (Å²) >= 11 is 0. The average molecular weight is 269 g/mol. The van der Waals surface area contributed by atoms with Crippen LogP contribution in [0.15, 0.2) is 0 Å². The molecule has 2 unspecified atom stereocenters. The van der Waals surface area contributed by atoms with Gasteiger partial charge in [0, 0.05) is 12.1 Å². The topological polar surface area (TPSA) is 41.5 Å². The van der Waals surface area contributed by atoms with Crippen LogP contribution in [0.1, 0.15) is 32.6 Å². The first-order chi connectivity index (χ1) is 8.37. The van der Waals surface area contributed by atoms with Crippen molar-refractivity contribution in [3.8, 4) is 0 Å². The second-order valence-corrected chi connectivity index (χ2v) is 5.23. The summed E-state index contributed by atoms with van der Waals surface area (Å²) in [6, 6.07) is 0. The molecule has 1 fully saturated rings. The maximum Gasteiger partial charge on any atom is 0.411 e. The first-order valence-corrected chi connectivity index (χ1v) is 6.37. The van der Waals surface area contributed by atoms with E-state index in [4.69, 9.17) is 0 Å². The van der Waals surface area contributed by atoms with E-state index in [9.17, 15) is 18.3 Å². The molecular formula is C12H22F3NO2. The Morgan fingerprint density at radius 2 is 2.17 bits per heavy atom. The molecule has 108 valence electrons. The fourth-order valence-electron chi connectivity index (χ4n) is 2.60. The molecule has 1 aliphatic carbocycles. The van der Waals surface area contributed by atoms with E-state index in [1.54, 1.807) is 0 Å². The first kappa shape index (κ1) is 15.7. The summed E-state index contributed by atoms with van der Waals surface area (Å²) in [5, 5.41) is 12.6. The van der Waals surface area contributed by atoms with Crippen LogP contribution in [0.3, 0.4) is 0 Å². The van der Waals surface area contributed by atoms with Gasteiger partial charge in [0.25, 0.3) is 0 Å². The number of aliphatic hydroxyl groups is 1. The predicted octanol–water partition coefficient (Wildman–Crippen LogP) is 2.10. The second kappa shape index (κ2) is 6.73. The van der Waals surface area contributed by atoms with Crippen LogP contribution in [-0.2, 0) is 4.74 Å². The maximum absolute atomic E-state index is 11.8. The molecule has 0 aromatic carbocycles. The van der Waals surface area contributed by atoms with E-state index in [0.717, 1.165) is 25.7 Å². The van der Waals surface area contributed by atoms with Gasteiger partial charge in [-0.1, -0.05) is 19.8 Å². The highest BCUT2D eigenvalue weighted by molar-refractivity contribution is 4.92. The lowest BCUT2D eigenvalue weighted by Crippen LogP contribution is -2.52. The Balaban J connectivity index is 2.23. The lowest BCUT2D eigenvalue weighted by molar-refractivity contribution is -0.173. The van der Waals surface area contributed by atoms with Crippen LogP contribution in [0.4, 0.5) is 13.2 Å². The zero-order chi connectivity index (χ0) is 13.6. The first-order valence-electron chi connectivity index (χ1n) is 6.37. The van der Waals surface area contributed by atoms with Crippen LogP contribution in [0, 0.1) is 5.92 Å². The van der Waals surface area contributed by atoms with Crippen LogP contribution in [0.2, 0.25) is 0 Å². The molecule has 18 heavy (non-hydrogen) atoms. The van der Waals surface area contributed by atoms with Gasteiger partial charge >= 0.3 is 6.18 Å². The van der Waals surface area contributed by atoms with Crippen molar-refractivity contribution >= 4 is 0 Å². The molecule has 0 heterocycles. The van der Waals surface area contributed by atoms with Gasteiger partial charge in [-0.2, -0.15) is 13.2 Å². The van der Waals surface area contributed by atoms with E-state index in [1.165, 1.54) is 0 Å². The van der Waals surface area contributed by atoms with Gasteiger partial charge in [-0.15, -0.1) is 0 Å². The third kappa shape index (κ3) is 5.54. The molecule has 0 amide bonds. The van der Waals surface area contributed by atoms with E-state index < -0.39 is 12.8 Å². The van der Waals surface area contributed by atoms with Crippen LogP contribution >= 0.6 is 0 Å². The Bertz CT molecular complexity index is 248. The van der Waals surface area contributed by atoms with Gasteiger partial charge < -0.3 is 15.2 Å². The number of halogens is 3. The molecule has 0 spiro atoms. The number of ether oxygens (including phenoxy) is 1. The summed E-state index contributed by atoms with van der Waals surface area (Å²) in [6.07, 6.45) is -0.351. The lowest BCUT2D eigenvalue weighted by Gasteiger charge is -2.39. The summed E-state index contributed by atoms with van der Waals surface area (Å²) in [6.45, 7) is 1.29. The molecule has 1 saturated carbocycles. The number of nitrogens with one attached hydrogen (secondary N) is 1. The number of rotatable bonds is 6. The SMILES string of the molecule is CC1CCCC(CO)(NCCOCC(F)(F)F)C1. The normalized spacial score (nSPS) is 29.5. The molecule has 0 aromatic rings. The molecule has 2 atom stereocenters. The van der Waals surface area contributed by atoms with Crippen LogP contribution < -0.4 is 5.32 Å². The zero-order valence-electron chi connectivity index (χ0n) is 10.7. The van der Waals surface area contributed by atoms with Crippen molar-refractivity contribution in [3.05, 3.63) is 0 Å². The second-order valence-electron chi connectivity index (χ2n) is 5.23. The fraction of sp³-hybridized carbons (Fsp3) is 1.00. The minimum Gasteiger partial charge on any atom is -0.394 e. The number of hydrogen-bond acceptors (Lipinski definition) is 3. The number of alkyl halides is 3. The largest absolute Gasteiger partial charge is 0.411 e. The summed E-state index contributed by atoms with van der Waals surface area (Å²) in [4.78, 5) is 0. The molecule has 6 heteroatoms. The Hall–Kier alpha value is -0.330. The van der Waals surface area contributed by atoms with Gasteiger partial charge in [-0.05, 0) is 18.8 Å². The quantitative estimate of drug-likeness (QED) is 0.726. The predicted molar refractivity (Wildman–Crippen MR) is 62.3 cm³/mol. The molecule has 1 rings (SSSR count). The van der Waals surface area contributed by atoms with E-state index >= 15 is 0 Å². The summed E-state index contributed by atoms with van der Waals surface area (Å²) in [5.74, 6) is 0.537. The fourth-order valence-corrected chi connectivity index (χ4v) is 2.60. The van der Waals surface area contributed by atoms with Gasteiger partial charge in [-0.3, -0.25) is 0 Å². The smallest absolute Gasteiger partial charge is 0.394 e. The number of aliphatic hydroxyl groups excluding tert-OH is 1. The monoisotopic (exact) mass is 269 g/mol. The van der Waals surface area contributed by atoms with Gasteiger partial charge in [0.05, 0.1) is 13.2 Å². The average Bonchev–Trinajstić information content (AvgIpc) is 2.27. The van der Waals surface area contributed by atoms with Gasteiger partial charge in [0.1, 0.15) is 6.61 Å². The Labute approximate surface area is 106 Å². The molecule has 0 saturated heterocycles. The molecule has 0 aliphatic heterocycles. The third-order valence-electron chi connectivity index (χ3n) is 3.41. The van der Waals surface area contributed by atoms with E-state index in [0.29, 0.717) is 12.5 Å². The highest BCUT2D eigenvalue weighted by Crippen LogP contribution is 2.31. The van der Waals surface area contributed by atoms with Crippen molar-refractivity contribution < 1.29 is 23.0 Å². The van der Waals surface area contributed by atoms with Crippen LogP contribution in [0.25, 0.3) is 0 Å². The van der Waals surface area contributed by atoms with E-state index in [2.05, 4.69) is 17.0 Å². The Morgan fingerprint density at radius 3 is 2.72 bits per heavy atom. The summed E-state index contributed by atoms with van der Waals surface area (Å²) < 4.78 is 40.1. The summed E-state index contributed by atoms with van der Waals surface area (Å²) in [7, 11) is 0. The van der Waals surface area contributed by atoms with Crippen LogP contribution in [-0.4, -0.2) is 43.2 Å². The lowest BCUT2D eigenvalue weighted by atomic mass is 9.77. The van der Waals surface area contributed by atoms with Crippen molar-refractivity contribution in [2.24, 2.45) is 5.92 Å². The van der Waals surface area contributed by atoms with Gasteiger partial charge in [0.15, 0.2) is 0 Å². The number of hydrogen-bond donors (Lipinski definition) is 2. The zero-order valence-corrected chi connectivity index (χ0v) is 10.7. The Kier molecular flexibility index (Phi) is 5.88. The third-order valence-corrected chi connectivity index (χ3v) is 3.41. The van der Waals surface area contributed by atoms with Gasteiger partial charge in [-0.25, -0.2) is 0 Å². The van der Waals surface area contributed by atoms with Gasteiger partial charge in [0.2, 0.25) is 0 Å². The van der Waals surface area contributed by atoms with E-state index in [-0.39, 0.29) is 18.8 Å². The molecular weight excluding hydrogens is 247 g/mol. The van der Waals surface area contributed by atoms with Crippen molar-refractivity contribution in [1.29, 1.82) is 0 Å². The highest BCUT2D eigenvalue weighted by atomic mass is 19.4. The minimum absolute atomic E-state index is 0.00956. The molecule has 2 N–H and O–H groups in total. The Morgan fingerprint density at radius 1 is 1.44 bits per heavy atom. The molecule has 0 bridgehead atoms. The maximum atomic E-state index is 11.8. The molecule has 1 aliphatic rings. The van der Waals surface area contributed by atoms with Crippen molar-refractivity contribution in [2.45, 2.75) is 44.3 Å². The summed E-state index contributed by atoms with van der Waals surface area (Å²) in [5.41, 5.74) is -0.334. The standard InChI is InChI=1S/C12H22F3NO2/c1-10-3-2-4-11(7-10,8-17)16-5-6-18-9-12(13,14)15/h10,16-17H,2-9H2,1H3. The molecule has 0 radical (unpaired) electrons. The van der Waals surface area contributed by atoms with Crippen molar-refractivity contribution in [1.82, 2.24) is 5.32 Å². The highest BCUT2D eigenvalue weighted by Gasteiger charge is 2.33.